The molecule has 1 unspecified atom stereocenters. The SMILES string of the molecule is CC[Si](Cl)(c1ccccc1)C(Cl)(C(C)C)C(C)C. The highest BCUT2D eigenvalue weighted by Crippen LogP contribution is 2.45. The van der Waals surface area contributed by atoms with E-state index in [0.717, 1.165) is 6.04 Å². The van der Waals surface area contributed by atoms with E-state index in [1.165, 1.54) is 5.19 Å². The van der Waals surface area contributed by atoms with Crippen LogP contribution in [-0.4, -0.2) is 11.9 Å². The molecule has 1 aromatic rings. The van der Waals surface area contributed by atoms with Crippen LogP contribution >= 0.6 is 22.7 Å². The average Bonchev–Trinajstić information content (AvgIpc) is 2.37. The zero-order valence-electron chi connectivity index (χ0n) is 12.0. The standard InChI is InChI=1S/C15H24Cl2Si/c1-6-18(17,14-10-8-7-9-11-14)15(16,12(2)3)13(4)5/h7-13H,6H2,1-5H3. The van der Waals surface area contributed by atoms with Crippen LogP contribution in [0.1, 0.15) is 34.6 Å². The van der Waals surface area contributed by atoms with E-state index in [1.54, 1.807) is 0 Å². The van der Waals surface area contributed by atoms with E-state index in [1.807, 2.05) is 6.07 Å². The second kappa shape index (κ2) is 5.98. The minimum Gasteiger partial charge on any atom is -0.159 e. The normalized spacial score (nSPS) is 16.1. The van der Waals surface area contributed by atoms with Crippen molar-refractivity contribution >= 4 is 35.3 Å². The fraction of sp³-hybridized carbons (Fsp3) is 0.600. The Morgan fingerprint density at radius 1 is 1.06 bits per heavy atom. The Labute approximate surface area is 122 Å². The molecular formula is C15H24Cl2Si. The lowest BCUT2D eigenvalue weighted by atomic mass is 9.99. The number of hydrogen-bond donors (Lipinski definition) is 0. The van der Waals surface area contributed by atoms with E-state index in [0.29, 0.717) is 11.8 Å². The molecule has 0 bridgehead atoms. The Balaban J connectivity index is 3.38. The number of hydrogen-bond acceptors (Lipinski definition) is 0. The number of alkyl halides is 1. The molecule has 0 radical (unpaired) electrons. The summed E-state index contributed by atoms with van der Waals surface area (Å²) >= 11 is 14.2. The van der Waals surface area contributed by atoms with Gasteiger partial charge in [0.05, 0.1) is 4.50 Å². The highest BCUT2D eigenvalue weighted by Gasteiger charge is 2.55. The van der Waals surface area contributed by atoms with Gasteiger partial charge in [-0.2, -0.15) is 11.1 Å². The third-order valence-corrected chi connectivity index (χ3v) is 13.1. The maximum absolute atomic E-state index is 7.15. The molecule has 0 fully saturated rings. The van der Waals surface area contributed by atoms with Crippen molar-refractivity contribution in [1.29, 1.82) is 0 Å². The van der Waals surface area contributed by atoms with Gasteiger partial charge in [-0.3, -0.25) is 0 Å². The van der Waals surface area contributed by atoms with Crippen LogP contribution in [0.4, 0.5) is 0 Å². The highest BCUT2D eigenvalue weighted by atomic mass is 35.6. The minimum absolute atomic E-state index is 0.315. The lowest BCUT2D eigenvalue weighted by Gasteiger charge is -2.46. The molecule has 0 aliphatic carbocycles. The molecule has 0 aliphatic heterocycles. The topological polar surface area (TPSA) is 0 Å². The van der Waals surface area contributed by atoms with Gasteiger partial charge in [0, 0.05) is 0 Å². The van der Waals surface area contributed by atoms with Gasteiger partial charge in [0.25, 0.3) is 0 Å². The van der Waals surface area contributed by atoms with Crippen LogP contribution in [-0.2, 0) is 0 Å². The molecule has 0 aromatic heterocycles. The van der Waals surface area contributed by atoms with Gasteiger partial charge < -0.3 is 0 Å². The van der Waals surface area contributed by atoms with Crippen LogP contribution in [0.15, 0.2) is 30.3 Å². The first kappa shape index (κ1) is 16.1. The van der Waals surface area contributed by atoms with Gasteiger partial charge in [-0.15, -0.1) is 11.6 Å². The molecule has 0 amide bonds. The summed E-state index contributed by atoms with van der Waals surface area (Å²) in [5.41, 5.74) is 0. The largest absolute Gasteiger partial charge is 0.207 e. The Bertz CT molecular complexity index is 367. The molecule has 1 rings (SSSR count). The maximum atomic E-state index is 7.15. The summed E-state index contributed by atoms with van der Waals surface area (Å²) in [6, 6.07) is 11.4. The van der Waals surface area contributed by atoms with Gasteiger partial charge in [0.2, 0.25) is 7.38 Å². The average molecular weight is 303 g/mol. The zero-order chi connectivity index (χ0) is 14.0. The van der Waals surface area contributed by atoms with Crippen LogP contribution in [0.25, 0.3) is 0 Å². The molecule has 0 heterocycles. The van der Waals surface area contributed by atoms with Crippen LogP contribution in [0.5, 0.6) is 0 Å². The smallest absolute Gasteiger partial charge is 0.159 e. The van der Waals surface area contributed by atoms with Crippen molar-refractivity contribution in [2.75, 3.05) is 0 Å². The van der Waals surface area contributed by atoms with Gasteiger partial charge in [-0.25, -0.2) is 0 Å². The third-order valence-electron chi connectivity index (χ3n) is 4.01. The third kappa shape index (κ3) is 2.50. The summed E-state index contributed by atoms with van der Waals surface area (Å²) in [6.45, 7) is 10.9. The van der Waals surface area contributed by atoms with Gasteiger partial charge in [-0.1, -0.05) is 65.0 Å². The molecule has 0 aliphatic rings. The van der Waals surface area contributed by atoms with Crippen LogP contribution < -0.4 is 5.19 Å². The monoisotopic (exact) mass is 302 g/mol. The van der Waals surface area contributed by atoms with Gasteiger partial charge in [0.15, 0.2) is 0 Å². The van der Waals surface area contributed by atoms with Crippen molar-refractivity contribution in [2.45, 2.75) is 45.2 Å². The second-order valence-corrected chi connectivity index (χ2v) is 12.2. The van der Waals surface area contributed by atoms with Crippen LogP contribution in [0.3, 0.4) is 0 Å². The Morgan fingerprint density at radius 2 is 1.50 bits per heavy atom. The Morgan fingerprint density at radius 3 is 1.83 bits per heavy atom. The first-order chi connectivity index (χ1) is 8.30. The second-order valence-electron chi connectivity index (χ2n) is 5.60. The minimum atomic E-state index is -2.24. The van der Waals surface area contributed by atoms with Crippen molar-refractivity contribution < 1.29 is 0 Å². The lowest BCUT2D eigenvalue weighted by molar-refractivity contribution is 0.420. The van der Waals surface area contributed by atoms with Crippen molar-refractivity contribution in [3.63, 3.8) is 0 Å². The summed E-state index contributed by atoms with van der Waals surface area (Å²) in [4.78, 5) is 0. The summed E-state index contributed by atoms with van der Waals surface area (Å²) < 4.78 is -0.315. The molecule has 1 atom stereocenters. The fourth-order valence-corrected chi connectivity index (χ4v) is 9.34. The molecule has 1 aromatic carbocycles. The van der Waals surface area contributed by atoms with Crippen molar-refractivity contribution in [1.82, 2.24) is 0 Å². The molecule has 102 valence electrons. The van der Waals surface area contributed by atoms with Crippen LogP contribution in [0.2, 0.25) is 6.04 Å². The highest BCUT2D eigenvalue weighted by molar-refractivity contribution is 7.31. The summed E-state index contributed by atoms with van der Waals surface area (Å²) in [5.74, 6) is 0.729. The molecule has 0 nitrogen and oxygen atoms in total. The van der Waals surface area contributed by atoms with Gasteiger partial charge >= 0.3 is 0 Å². The molecule has 0 spiro atoms. The van der Waals surface area contributed by atoms with Gasteiger partial charge in [-0.05, 0) is 23.1 Å². The van der Waals surface area contributed by atoms with Gasteiger partial charge in [0.1, 0.15) is 0 Å². The van der Waals surface area contributed by atoms with Crippen molar-refractivity contribution in [2.24, 2.45) is 11.8 Å². The van der Waals surface area contributed by atoms with Crippen molar-refractivity contribution in [3.8, 4) is 0 Å². The van der Waals surface area contributed by atoms with Crippen LogP contribution in [0, 0.1) is 11.8 Å². The first-order valence-corrected chi connectivity index (χ1v) is 10.3. The lowest BCUT2D eigenvalue weighted by Crippen LogP contribution is -2.64. The van der Waals surface area contributed by atoms with E-state index < -0.39 is 7.38 Å². The maximum Gasteiger partial charge on any atom is 0.207 e. The predicted molar refractivity (Wildman–Crippen MR) is 86.4 cm³/mol. The summed E-state index contributed by atoms with van der Waals surface area (Å²) in [7, 11) is -2.24. The molecule has 0 saturated heterocycles. The zero-order valence-corrected chi connectivity index (χ0v) is 14.5. The number of benzene rings is 1. The van der Waals surface area contributed by atoms with E-state index in [4.69, 9.17) is 22.7 Å². The Kier molecular flexibility index (Phi) is 5.34. The summed E-state index contributed by atoms with van der Waals surface area (Å²) in [6.07, 6.45) is 0. The van der Waals surface area contributed by atoms with E-state index in [2.05, 4.69) is 58.9 Å². The van der Waals surface area contributed by atoms with E-state index in [-0.39, 0.29) is 4.50 Å². The summed E-state index contributed by atoms with van der Waals surface area (Å²) in [5, 5.41) is 1.26. The quantitative estimate of drug-likeness (QED) is 0.411. The molecule has 18 heavy (non-hydrogen) atoms. The van der Waals surface area contributed by atoms with E-state index >= 15 is 0 Å². The van der Waals surface area contributed by atoms with E-state index in [9.17, 15) is 0 Å². The first-order valence-electron chi connectivity index (χ1n) is 6.74. The molecule has 3 heteroatoms. The number of halogens is 2. The molecule has 0 N–H and O–H groups in total. The predicted octanol–water partition coefficient (Wildman–Crippen LogP) is 4.93. The van der Waals surface area contributed by atoms with Crippen molar-refractivity contribution in [3.05, 3.63) is 30.3 Å². The fourth-order valence-electron chi connectivity index (χ4n) is 2.98. The molecule has 0 saturated carbocycles. The molecular weight excluding hydrogens is 279 g/mol. The number of rotatable bonds is 5. The Hall–Kier alpha value is 0.0169.